The molecule has 26 heavy (non-hydrogen) atoms. The normalized spacial score (nSPS) is 17.3. The summed E-state index contributed by atoms with van der Waals surface area (Å²) in [7, 11) is -3.91. The van der Waals surface area contributed by atoms with Crippen molar-refractivity contribution in [3.63, 3.8) is 0 Å². The van der Waals surface area contributed by atoms with Crippen molar-refractivity contribution in [1.29, 1.82) is 0 Å². The summed E-state index contributed by atoms with van der Waals surface area (Å²) >= 11 is 0. The fourth-order valence-corrected chi connectivity index (χ4v) is 8.55. The summed E-state index contributed by atoms with van der Waals surface area (Å²) in [5, 5.41) is 9.35. The van der Waals surface area contributed by atoms with Gasteiger partial charge in [0.15, 0.2) is 16.6 Å². The summed E-state index contributed by atoms with van der Waals surface area (Å²) in [6, 6.07) is 0. The van der Waals surface area contributed by atoms with Crippen molar-refractivity contribution >= 4 is 32.1 Å². The van der Waals surface area contributed by atoms with Gasteiger partial charge >= 0.3 is 5.97 Å². The Morgan fingerprint density at radius 2 is 1.62 bits per heavy atom. The van der Waals surface area contributed by atoms with E-state index in [9.17, 15) is 9.90 Å². The van der Waals surface area contributed by atoms with Gasteiger partial charge in [0.2, 0.25) is 0 Å². The Bertz CT molecular complexity index is 438. The van der Waals surface area contributed by atoms with Crippen molar-refractivity contribution < 1.29 is 28.2 Å². The molecule has 6 nitrogen and oxygen atoms in total. The second-order valence-electron chi connectivity index (χ2n) is 8.54. The molecule has 0 fully saturated rings. The number of ether oxygens (including phenoxy) is 2. The third-order valence-corrected chi connectivity index (χ3v) is 7.78. The zero-order valence-corrected chi connectivity index (χ0v) is 21.3. The molecule has 0 aromatic carbocycles. The molecule has 0 radical (unpaired) electrons. The maximum absolute atomic E-state index is 9.94. The highest BCUT2D eigenvalue weighted by molar-refractivity contribution is 6.71. The number of carbonyl (C=O) groups excluding carboxylic acids is 1. The molecule has 0 spiro atoms. The Hall–Kier alpha value is -0.299. The third-order valence-electron chi connectivity index (χ3n) is 3.12. The fourth-order valence-electron chi connectivity index (χ4n) is 1.98. The number of carbonyl (C=O) groups is 1. The monoisotopic (exact) mass is 422 g/mol. The molecule has 1 aliphatic rings. The van der Waals surface area contributed by atoms with E-state index >= 15 is 0 Å². The molecule has 2 unspecified atom stereocenters. The van der Waals surface area contributed by atoms with Crippen LogP contribution in [-0.2, 0) is 23.1 Å². The molecule has 0 aromatic heterocycles. The Kier molecular flexibility index (Phi) is 11.4. The van der Waals surface area contributed by atoms with Crippen molar-refractivity contribution in [2.75, 3.05) is 6.61 Å². The van der Waals surface area contributed by atoms with Crippen molar-refractivity contribution in [3.05, 3.63) is 11.8 Å². The van der Waals surface area contributed by atoms with E-state index in [0.29, 0.717) is 12.2 Å². The molecule has 0 saturated carbocycles. The molecule has 9 heteroatoms. The van der Waals surface area contributed by atoms with E-state index in [1.54, 1.807) is 13.8 Å². The van der Waals surface area contributed by atoms with Crippen molar-refractivity contribution in [1.82, 2.24) is 0 Å². The summed E-state index contributed by atoms with van der Waals surface area (Å²) in [6.07, 6.45) is 1.98. The van der Waals surface area contributed by atoms with Crippen LogP contribution in [0.1, 0.15) is 27.2 Å². The second-order valence-corrected chi connectivity index (χ2v) is 19.5. The van der Waals surface area contributed by atoms with Crippen LogP contribution in [0.5, 0.6) is 0 Å². The highest BCUT2D eigenvalue weighted by atomic mass is 28.4. The smallest absolute Gasteiger partial charge is 0.341 e. The minimum Gasteiger partial charge on any atom is -0.430 e. The van der Waals surface area contributed by atoms with E-state index in [4.69, 9.17) is 13.6 Å². The number of hydrogen-bond donors (Lipinski definition) is 1. The lowest BCUT2D eigenvalue weighted by molar-refractivity contribution is -0.138. The van der Waals surface area contributed by atoms with Gasteiger partial charge in [0.25, 0.3) is 0 Å². The van der Waals surface area contributed by atoms with Crippen LogP contribution in [-0.4, -0.2) is 61.6 Å². The topological polar surface area (TPSA) is 74.2 Å². The number of aliphatic hydroxyl groups excluding tert-OH is 1. The summed E-state index contributed by atoms with van der Waals surface area (Å²) in [6.45, 7) is 19.2. The molecule has 0 bridgehead atoms. The van der Waals surface area contributed by atoms with Crippen LogP contribution in [0.15, 0.2) is 11.8 Å². The Labute approximate surface area is 163 Å². The standard InChI is InChI=1S/C13H34O4Si3.C4H4O2/c1-9-12(15-10-11(2)14)18-13(16-19(3,4)5)17-20(6,7)8;1-3-2-6-4(3)5/h11-14H,9-10,18H2,1-8H3;2H,1H3. The van der Waals surface area contributed by atoms with Crippen LogP contribution >= 0.6 is 0 Å². The average molecular weight is 423 g/mol. The molecule has 1 heterocycles. The number of cyclic esters (lactones) is 1. The Morgan fingerprint density at radius 1 is 1.15 bits per heavy atom. The van der Waals surface area contributed by atoms with Crippen molar-refractivity contribution in [3.8, 4) is 0 Å². The number of rotatable bonds is 10. The van der Waals surface area contributed by atoms with Gasteiger partial charge in [-0.2, -0.15) is 0 Å². The Morgan fingerprint density at radius 3 is 1.85 bits per heavy atom. The van der Waals surface area contributed by atoms with Crippen LogP contribution in [0.2, 0.25) is 39.3 Å². The SMILES string of the molecule is CC1=COC1=O.CCC(OCC(C)O)[SiH2]C(O[Si](C)(C)C)O[Si](C)(C)C. The van der Waals surface area contributed by atoms with E-state index in [0.717, 1.165) is 6.42 Å². The first-order valence-electron chi connectivity index (χ1n) is 9.26. The molecule has 1 N–H and O–H groups in total. The highest BCUT2D eigenvalue weighted by Crippen LogP contribution is 2.15. The van der Waals surface area contributed by atoms with E-state index in [1.807, 2.05) is 0 Å². The average Bonchev–Trinajstić information content (AvgIpc) is 2.46. The zero-order valence-electron chi connectivity index (χ0n) is 17.9. The first-order valence-corrected chi connectivity index (χ1v) is 17.7. The molecule has 0 amide bonds. The lowest BCUT2D eigenvalue weighted by atomic mass is 10.3. The number of hydrogen-bond acceptors (Lipinski definition) is 6. The van der Waals surface area contributed by atoms with Gasteiger partial charge in [-0.25, -0.2) is 4.79 Å². The quantitative estimate of drug-likeness (QED) is 0.331. The fraction of sp³-hybridized carbons (Fsp3) is 0.824. The van der Waals surface area contributed by atoms with Gasteiger partial charge in [-0.3, -0.25) is 0 Å². The zero-order chi connectivity index (χ0) is 20.5. The molecular formula is C17H38O6Si3. The van der Waals surface area contributed by atoms with E-state index in [-0.39, 0.29) is 17.6 Å². The van der Waals surface area contributed by atoms with Gasteiger partial charge < -0.3 is 23.4 Å². The number of esters is 1. The highest BCUT2D eigenvalue weighted by Gasteiger charge is 2.29. The predicted molar refractivity (Wildman–Crippen MR) is 113 cm³/mol. The summed E-state index contributed by atoms with van der Waals surface area (Å²) in [4.78, 5) is 9.94. The van der Waals surface area contributed by atoms with Crippen LogP contribution in [0.3, 0.4) is 0 Å². The van der Waals surface area contributed by atoms with E-state index < -0.39 is 32.3 Å². The minimum atomic E-state index is -1.62. The largest absolute Gasteiger partial charge is 0.430 e. The van der Waals surface area contributed by atoms with Crippen LogP contribution in [0.25, 0.3) is 0 Å². The maximum Gasteiger partial charge on any atom is 0.341 e. The first-order chi connectivity index (χ1) is 11.7. The van der Waals surface area contributed by atoms with E-state index in [1.165, 1.54) is 6.26 Å². The van der Waals surface area contributed by atoms with Crippen molar-refractivity contribution in [2.45, 2.75) is 84.2 Å². The maximum atomic E-state index is 9.94. The van der Waals surface area contributed by atoms with Gasteiger partial charge in [-0.05, 0) is 59.6 Å². The van der Waals surface area contributed by atoms with Gasteiger partial charge in [0.1, 0.15) is 21.7 Å². The summed E-state index contributed by atoms with van der Waals surface area (Å²) < 4.78 is 22.5. The summed E-state index contributed by atoms with van der Waals surface area (Å²) in [5.74, 6) is -0.248. The van der Waals surface area contributed by atoms with Crippen molar-refractivity contribution in [2.24, 2.45) is 0 Å². The molecule has 0 saturated heterocycles. The molecule has 0 aliphatic carbocycles. The molecule has 0 aromatic rings. The molecule has 154 valence electrons. The Balaban J connectivity index is 0.000000867. The minimum absolute atomic E-state index is 0.0488. The van der Waals surface area contributed by atoms with Gasteiger partial charge in [-0.15, -0.1) is 0 Å². The molecular weight excluding hydrogens is 384 g/mol. The second kappa shape index (κ2) is 11.5. The summed E-state index contributed by atoms with van der Waals surface area (Å²) in [5.41, 5.74) is 0.914. The lowest BCUT2D eigenvalue weighted by Crippen LogP contribution is -2.46. The van der Waals surface area contributed by atoms with Crippen LogP contribution < -0.4 is 0 Å². The molecule has 2 atom stereocenters. The van der Waals surface area contributed by atoms with Gasteiger partial charge in [0.05, 0.1) is 18.3 Å². The molecule has 1 aliphatic heterocycles. The van der Waals surface area contributed by atoms with Gasteiger partial charge in [0, 0.05) is 5.73 Å². The lowest BCUT2D eigenvalue weighted by Gasteiger charge is -2.33. The third kappa shape index (κ3) is 13.8. The van der Waals surface area contributed by atoms with Crippen LogP contribution in [0, 0.1) is 0 Å². The van der Waals surface area contributed by atoms with Crippen LogP contribution in [0.4, 0.5) is 0 Å². The molecule has 1 rings (SSSR count). The predicted octanol–water partition coefficient (Wildman–Crippen LogP) is 2.72. The first kappa shape index (κ1) is 25.7. The van der Waals surface area contributed by atoms with Gasteiger partial charge in [-0.1, -0.05) is 6.92 Å². The van der Waals surface area contributed by atoms with E-state index in [2.05, 4.69) is 50.9 Å². The number of aliphatic hydroxyl groups is 1.